The van der Waals surface area contributed by atoms with Gasteiger partial charge in [0.25, 0.3) is 11.2 Å². The number of nitrogens with two attached hydrogens (primary N) is 1. The number of phenolic OH excluding ortho intramolecular Hbond substituents is 1. The Morgan fingerprint density at radius 2 is 1.83 bits per heavy atom. The van der Waals surface area contributed by atoms with Gasteiger partial charge in [-0.1, -0.05) is 18.2 Å². The number of aromatic hydroxyl groups is 1. The number of non-ortho nitro benzene ring substituents is 1. The summed E-state index contributed by atoms with van der Waals surface area (Å²) < 4.78 is 1.52. The minimum atomic E-state index is -0.574. The number of nitrogens with one attached hydrogen (secondary N) is 1. The van der Waals surface area contributed by atoms with E-state index in [-0.39, 0.29) is 22.7 Å². The quantitative estimate of drug-likeness (QED) is 0.288. The first-order valence-corrected chi connectivity index (χ1v) is 6.95. The summed E-state index contributed by atoms with van der Waals surface area (Å²) in [6, 6.07) is 14.6. The van der Waals surface area contributed by atoms with E-state index >= 15 is 0 Å². The zero-order chi connectivity index (χ0) is 17.7. The molecule has 1 aromatic heterocycles. The van der Waals surface area contributed by atoms with Gasteiger partial charge in [0.2, 0.25) is 0 Å². The average Bonchev–Trinajstić information content (AvgIpc) is 2.90. The largest absolute Gasteiger partial charge is 0.506 e. The summed E-state index contributed by atoms with van der Waals surface area (Å²) in [5.41, 5.74) is 6.80. The predicted octanol–water partition coefficient (Wildman–Crippen LogP) is 2.36. The molecule has 8 nitrogen and oxygen atoms in total. The number of aryl methyl sites for hydroxylation is 1. The highest BCUT2D eigenvalue weighted by Gasteiger charge is 2.06. The van der Waals surface area contributed by atoms with Crippen LogP contribution in [0, 0.1) is 17.0 Å². The molecule has 1 heterocycles. The molecule has 0 fully saturated rings. The van der Waals surface area contributed by atoms with Crippen molar-refractivity contribution in [1.29, 1.82) is 0 Å². The maximum Gasteiger partial charge on any atom is 0.271 e. The highest BCUT2D eigenvalue weighted by Crippen LogP contribution is 2.24. The average molecular weight is 328 g/mol. The van der Waals surface area contributed by atoms with Crippen molar-refractivity contribution < 1.29 is 10.0 Å². The van der Waals surface area contributed by atoms with Crippen LogP contribution in [-0.4, -0.2) is 19.8 Å². The van der Waals surface area contributed by atoms with Crippen LogP contribution in [0.4, 0.5) is 11.4 Å². The van der Waals surface area contributed by atoms with E-state index in [0.29, 0.717) is 0 Å². The second-order valence-electron chi connectivity index (χ2n) is 4.95. The number of H-pyrrole nitrogens is 1. The summed E-state index contributed by atoms with van der Waals surface area (Å²) in [7, 11) is 0. The van der Waals surface area contributed by atoms with Crippen molar-refractivity contribution in [3.05, 3.63) is 80.8 Å². The molecule has 0 spiro atoms. The van der Waals surface area contributed by atoms with Gasteiger partial charge < -0.3 is 10.8 Å². The Balaban J connectivity index is 0.000000177. The van der Waals surface area contributed by atoms with Crippen molar-refractivity contribution >= 4 is 11.4 Å². The lowest BCUT2D eigenvalue weighted by atomic mass is 10.2. The molecule has 24 heavy (non-hydrogen) atoms. The molecule has 124 valence electrons. The molecule has 3 aromatic rings. The molecule has 0 aliphatic carbocycles. The van der Waals surface area contributed by atoms with Crippen molar-refractivity contribution in [1.82, 2.24) is 9.78 Å². The Morgan fingerprint density at radius 1 is 1.17 bits per heavy atom. The third-order valence-electron chi connectivity index (χ3n) is 3.08. The molecule has 8 heteroatoms. The molecule has 0 aliphatic rings. The number of hydrogen-bond donors (Lipinski definition) is 3. The molecule has 0 atom stereocenters. The van der Waals surface area contributed by atoms with Crippen LogP contribution in [0.3, 0.4) is 0 Å². The minimum absolute atomic E-state index is 0.0131. The number of nitrogens with zero attached hydrogens (tertiary/aromatic N) is 2. The molecule has 0 unspecified atom stereocenters. The Bertz CT molecular complexity index is 900. The number of nitro benzene ring substituents is 1. The summed E-state index contributed by atoms with van der Waals surface area (Å²) >= 11 is 0. The van der Waals surface area contributed by atoms with Gasteiger partial charge in [-0.05, 0) is 25.1 Å². The van der Waals surface area contributed by atoms with Crippen molar-refractivity contribution in [3.8, 4) is 11.4 Å². The summed E-state index contributed by atoms with van der Waals surface area (Å²) in [5, 5.41) is 22.0. The summed E-state index contributed by atoms with van der Waals surface area (Å²) in [6.45, 7) is 1.86. The van der Waals surface area contributed by atoms with E-state index in [1.165, 1.54) is 16.8 Å². The first-order chi connectivity index (χ1) is 11.4. The molecule has 0 saturated heterocycles. The van der Waals surface area contributed by atoms with Gasteiger partial charge in [0.05, 0.1) is 16.3 Å². The van der Waals surface area contributed by atoms with Crippen molar-refractivity contribution in [2.75, 3.05) is 5.73 Å². The molecular formula is C16H16N4O4. The number of nitrogen functional groups attached to an aromatic ring is 1. The maximum absolute atomic E-state index is 11.4. The van der Waals surface area contributed by atoms with Crippen LogP contribution in [0.1, 0.15) is 5.69 Å². The molecule has 0 aliphatic heterocycles. The molecule has 4 N–H and O–H groups in total. The lowest BCUT2D eigenvalue weighted by molar-refractivity contribution is -0.384. The predicted molar refractivity (Wildman–Crippen MR) is 90.3 cm³/mol. The number of aromatic nitrogens is 2. The van der Waals surface area contributed by atoms with Gasteiger partial charge in [-0.3, -0.25) is 20.0 Å². The first-order valence-electron chi connectivity index (χ1n) is 6.95. The molecule has 2 aromatic carbocycles. The van der Waals surface area contributed by atoms with E-state index in [1.54, 1.807) is 6.07 Å². The van der Waals surface area contributed by atoms with Gasteiger partial charge in [0.15, 0.2) is 0 Å². The van der Waals surface area contributed by atoms with Gasteiger partial charge in [0.1, 0.15) is 5.75 Å². The normalized spacial score (nSPS) is 9.88. The van der Waals surface area contributed by atoms with Crippen molar-refractivity contribution in [2.24, 2.45) is 0 Å². The Kier molecular flexibility index (Phi) is 5.00. The molecule has 0 saturated carbocycles. The Hall–Kier alpha value is -3.55. The van der Waals surface area contributed by atoms with Crippen LogP contribution < -0.4 is 11.3 Å². The second kappa shape index (κ2) is 7.14. The van der Waals surface area contributed by atoms with Gasteiger partial charge in [-0.15, -0.1) is 0 Å². The highest BCUT2D eigenvalue weighted by molar-refractivity contribution is 5.57. The number of hydrogen-bond acceptors (Lipinski definition) is 5. The molecule has 3 rings (SSSR count). The van der Waals surface area contributed by atoms with E-state index < -0.39 is 4.92 Å². The van der Waals surface area contributed by atoms with E-state index in [2.05, 4.69) is 5.10 Å². The number of para-hydroxylation sites is 1. The summed E-state index contributed by atoms with van der Waals surface area (Å²) in [4.78, 5) is 20.9. The third kappa shape index (κ3) is 4.01. The lowest BCUT2D eigenvalue weighted by Crippen LogP contribution is -2.12. The molecular weight excluding hydrogens is 312 g/mol. The maximum atomic E-state index is 11.4. The van der Waals surface area contributed by atoms with Crippen molar-refractivity contribution in [2.45, 2.75) is 6.92 Å². The summed E-state index contributed by atoms with van der Waals surface area (Å²) in [6.07, 6.45) is 0. The molecule has 0 radical (unpaired) electrons. The zero-order valence-corrected chi connectivity index (χ0v) is 12.8. The fourth-order valence-corrected chi connectivity index (χ4v) is 1.94. The van der Waals surface area contributed by atoms with Gasteiger partial charge in [0, 0.05) is 23.9 Å². The fraction of sp³-hybridized carbons (Fsp3) is 0.0625. The van der Waals surface area contributed by atoms with Crippen LogP contribution in [0.2, 0.25) is 0 Å². The number of aromatic amines is 1. The third-order valence-corrected chi connectivity index (χ3v) is 3.08. The SMILES string of the molecule is Cc1cc(=O)n(-c2ccccc2)[nH]1.Nc1cc([N+](=O)[O-])ccc1O. The Morgan fingerprint density at radius 3 is 2.33 bits per heavy atom. The molecule has 0 bridgehead atoms. The number of rotatable bonds is 2. The lowest BCUT2D eigenvalue weighted by Gasteiger charge is -1.99. The van der Waals surface area contributed by atoms with Crippen LogP contribution in [0.5, 0.6) is 5.75 Å². The van der Waals surface area contributed by atoms with Gasteiger partial charge >= 0.3 is 0 Å². The van der Waals surface area contributed by atoms with E-state index in [1.807, 2.05) is 37.3 Å². The topological polar surface area (TPSA) is 127 Å². The summed E-state index contributed by atoms with van der Waals surface area (Å²) in [5.74, 6) is -0.143. The van der Waals surface area contributed by atoms with Crippen molar-refractivity contribution in [3.63, 3.8) is 0 Å². The van der Waals surface area contributed by atoms with E-state index in [9.17, 15) is 14.9 Å². The number of nitro groups is 1. The first kappa shape index (κ1) is 16.8. The number of anilines is 1. The van der Waals surface area contributed by atoms with E-state index in [0.717, 1.165) is 17.4 Å². The van der Waals surface area contributed by atoms with Gasteiger partial charge in [-0.2, -0.15) is 0 Å². The number of benzene rings is 2. The monoisotopic (exact) mass is 328 g/mol. The van der Waals surface area contributed by atoms with Gasteiger partial charge in [-0.25, -0.2) is 4.68 Å². The number of phenols is 1. The second-order valence-corrected chi connectivity index (χ2v) is 4.95. The minimum Gasteiger partial charge on any atom is -0.506 e. The zero-order valence-electron chi connectivity index (χ0n) is 12.8. The Labute approximate surface area is 136 Å². The highest BCUT2D eigenvalue weighted by atomic mass is 16.6. The van der Waals surface area contributed by atoms with Crippen LogP contribution in [0.15, 0.2) is 59.4 Å². The standard InChI is InChI=1S/C10H10N2O.C6H6N2O3/c1-8-7-10(13)12(11-8)9-5-3-2-4-6-9;7-5-3-4(8(10)11)1-2-6(5)9/h2-7,11H,1H3;1-3,9H,7H2. The van der Waals surface area contributed by atoms with Crippen LogP contribution in [0.25, 0.3) is 5.69 Å². The van der Waals surface area contributed by atoms with Crippen LogP contribution in [-0.2, 0) is 0 Å². The smallest absolute Gasteiger partial charge is 0.271 e. The molecule has 0 amide bonds. The van der Waals surface area contributed by atoms with Crippen LogP contribution >= 0.6 is 0 Å². The fourth-order valence-electron chi connectivity index (χ4n) is 1.94. The van der Waals surface area contributed by atoms with E-state index in [4.69, 9.17) is 10.8 Å².